The number of carbonyl (C=O) groups is 4. The lowest BCUT2D eigenvalue weighted by atomic mass is 9.79. The van der Waals surface area contributed by atoms with Crippen molar-refractivity contribution in [1.29, 1.82) is 0 Å². The van der Waals surface area contributed by atoms with Gasteiger partial charge in [0, 0.05) is 76.6 Å². The van der Waals surface area contributed by atoms with Crippen LogP contribution in [0, 0.1) is 13.8 Å². The van der Waals surface area contributed by atoms with Crippen LogP contribution in [-0.4, -0.2) is 151 Å². The van der Waals surface area contributed by atoms with Gasteiger partial charge in [0.05, 0.1) is 89.9 Å². The van der Waals surface area contributed by atoms with Gasteiger partial charge in [-0.3, -0.25) is 19.9 Å². The van der Waals surface area contributed by atoms with E-state index >= 15 is 0 Å². The van der Waals surface area contributed by atoms with E-state index < -0.39 is 11.9 Å². The summed E-state index contributed by atoms with van der Waals surface area (Å²) in [6, 6.07) is 32.4. The van der Waals surface area contributed by atoms with Crippen LogP contribution in [0.15, 0.2) is 122 Å². The molecule has 0 unspecified atom stereocenters. The summed E-state index contributed by atoms with van der Waals surface area (Å²) in [6.45, 7) is 33.2. The average molecular weight is 1510 g/mol. The van der Waals surface area contributed by atoms with Crippen molar-refractivity contribution in [3.05, 3.63) is 211 Å². The maximum absolute atomic E-state index is 13.3. The highest BCUT2D eigenvalue weighted by Gasteiger charge is 2.31. The van der Waals surface area contributed by atoms with Crippen LogP contribution < -0.4 is 40.2 Å². The van der Waals surface area contributed by atoms with Crippen molar-refractivity contribution < 1.29 is 66.5 Å². The highest BCUT2D eigenvalue weighted by atomic mass is 16.6. The predicted octanol–water partition coefficient (Wildman–Crippen LogP) is 14.0. The molecule has 1 aliphatic carbocycles. The highest BCUT2D eigenvalue weighted by molar-refractivity contribution is 5.75. The quantitative estimate of drug-likeness (QED) is 0.0226. The number of fused-ring (bicyclic) bond motifs is 8. The van der Waals surface area contributed by atoms with Gasteiger partial charge in [-0.05, 0) is 149 Å². The van der Waals surface area contributed by atoms with Gasteiger partial charge < -0.3 is 68.6 Å². The zero-order valence-corrected chi connectivity index (χ0v) is 67.2. The minimum Gasteiger partial charge on any atom is -0.491 e. The van der Waals surface area contributed by atoms with E-state index in [0.29, 0.717) is 74.9 Å². The molecular formula is C88H112N8O14. The molecule has 4 heterocycles. The highest BCUT2D eigenvalue weighted by Crippen LogP contribution is 2.45. The Morgan fingerprint density at radius 2 is 0.600 bits per heavy atom. The second-order valence-electron chi connectivity index (χ2n) is 31.8. The second-order valence-corrected chi connectivity index (χ2v) is 31.8. The van der Waals surface area contributed by atoms with Gasteiger partial charge in [0.15, 0.2) is 13.2 Å². The number of nitrogens with zero attached hydrogens (tertiary/aromatic N) is 4. The Morgan fingerprint density at radius 3 is 0.855 bits per heavy atom. The fourth-order valence-corrected chi connectivity index (χ4v) is 12.4. The molecule has 0 atom stereocenters. The van der Waals surface area contributed by atoms with E-state index in [0.717, 1.165) is 112 Å². The summed E-state index contributed by atoms with van der Waals surface area (Å²) >= 11 is 0. The maximum atomic E-state index is 13.3. The monoisotopic (exact) mass is 1500 g/mol. The Hall–Kier alpha value is -10.0. The fourth-order valence-electron chi connectivity index (χ4n) is 12.4. The molecule has 110 heavy (non-hydrogen) atoms. The number of pyridine rings is 4. The number of hydrogen-bond donors (Lipinski definition) is 4. The van der Waals surface area contributed by atoms with Crippen LogP contribution in [0.25, 0.3) is 22.8 Å². The molecule has 0 radical (unpaired) electrons. The van der Waals surface area contributed by atoms with Crippen LogP contribution >= 0.6 is 0 Å². The molecule has 588 valence electrons. The molecule has 0 fully saturated rings. The number of rotatable bonds is 32. The molecule has 8 bridgehead atoms. The van der Waals surface area contributed by atoms with Crippen LogP contribution in [0.4, 0.5) is 9.59 Å². The van der Waals surface area contributed by atoms with Crippen LogP contribution in [0.5, 0.6) is 23.0 Å². The Labute approximate surface area is 649 Å². The summed E-state index contributed by atoms with van der Waals surface area (Å²) in [4.78, 5) is 70.1. The van der Waals surface area contributed by atoms with Gasteiger partial charge in [-0.25, -0.2) is 19.2 Å². The Morgan fingerprint density at radius 1 is 0.336 bits per heavy atom. The molecule has 4 aromatic carbocycles. The van der Waals surface area contributed by atoms with Gasteiger partial charge in [-0.1, -0.05) is 156 Å². The van der Waals surface area contributed by atoms with Gasteiger partial charge in [0.1, 0.15) is 36.2 Å². The third-order valence-corrected chi connectivity index (χ3v) is 18.7. The first-order chi connectivity index (χ1) is 52.4. The van der Waals surface area contributed by atoms with Crippen molar-refractivity contribution >= 4 is 24.0 Å². The van der Waals surface area contributed by atoms with Crippen molar-refractivity contribution in [2.24, 2.45) is 0 Å². The number of urea groups is 2. The second kappa shape index (κ2) is 39.1. The third-order valence-electron chi connectivity index (χ3n) is 18.7. The van der Waals surface area contributed by atoms with Gasteiger partial charge in [-0.2, -0.15) is 0 Å². The van der Waals surface area contributed by atoms with E-state index in [1.807, 2.05) is 74.8 Å². The van der Waals surface area contributed by atoms with E-state index in [1.165, 1.54) is 14.2 Å². The largest absolute Gasteiger partial charge is 0.491 e. The van der Waals surface area contributed by atoms with Gasteiger partial charge in [0.2, 0.25) is 0 Å². The summed E-state index contributed by atoms with van der Waals surface area (Å²) < 4.78 is 62.5. The topological polar surface area (TPSA) is 260 Å². The Balaban J connectivity index is 0.963. The van der Waals surface area contributed by atoms with Gasteiger partial charge in [0.25, 0.3) is 0 Å². The molecule has 9 rings (SSSR count). The zero-order chi connectivity index (χ0) is 79.2. The van der Waals surface area contributed by atoms with Crippen molar-refractivity contribution in [3.63, 3.8) is 0 Å². The lowest BCUT2D eigenvalue weighted by Crippen LogP contribution is -2.37. The van der Waals surface area contributed by atoms with Crippen LogP contribution in [0.3, 0.4) is 0 Å². The molecular weight excluding hydrogens is 1390 g/mol. The number of amides is 4. The van der Waals surface area contributed by atoms with Crippen molar-refractivity contribution in [1.82, 2.24) is 41.2 Å². The number of aromatic nitrogens is 4. The van der Waals surface area contributed by atoms with Gasteiger partial charge in [-0.15, -0.1) is 0 Å². The summed E-state index contributed by atoms with van der Waals surface area (Å²) in [6.07, 6.45) is 8.36. The van der Waals surface area contributed by atoms with Crippen LogP contribution in [0.1, 0.15) is 172 Å². The van der Waals surface area contributed by atoms with E-state index in [1.54, 1.807) is 12.4 Å². The normalized spacial score (nSPS) is 12.4. The molecule has 0 saturated carbocycles. The van der Waals surface area contributed by atoms with Crippen LogP contribution in [-0.2, 0) is 98.4 Å². The van der Waals surface area contributed by atoms with E-state index in [2.05, 4.69) is 173 Å². The Kier molecular flexibility index (Phi) is 29.8. The molecule has 0 aliphatic heterocycles. The van der Waals surface area contributed by atoms with E-state index in [4.69, 9.17) is 47.4 Å². The third kappa shape index (κ3) is 25.0. The number of benzene rings is 4. The fraction of sp³-hybridized carbons (Fsp3) is 0.455. The standard InChI is InChI=1S/C88H112N8O14/c1-57-17-21-73(91-49-57)75-23-19-59(51-93-75)53-95-83(99)89-25-27-103-29-31-105-33-35-107-79-61-37-65-45-71(87(9,10)11)47-67(81(65)109-55-77(97)101-15)39-63-43-70(86(6,7)8)44-64(40-68-48-72(88(12,13)14)46-66(82(68)110-56-78(98)102-16)38-62(79)42-69(41-61)85(3,4)5)80(63)108-36-34-106-32-30-104-28-26-90-84(100)96-54-60-20-24-76(94-52-60)74-22-18-58(2)50-92-74/h17-24,41-52H,25-40,53-56H2,1-16H3,(H2,89,95,99)(H2,90,96,100). The number of esters is 2. The van der Waals surface area contributed by atoms with Crippen molar-refractivity contribution in [2.75, 3.05) is 107 Å². The molecule has 22 heteroatoms. The minimum atomic E-state index is -0.533. The van der Waals surface area contributed by atoms with Crippen LogP contribution in [0.2, 0.25) is 0 Å². The summed E-state index contributed by atoms with van der Waals surface area (Å²) in [5, 5.41) is 11.5. The lowest BCUT2D eigenvalue weighted by Gasteiger charge is -2.29. The number of nitrogens with one attached hydrogen (secondary N) is 4. The summed E-state index contributed by atoms with van der Waals surface area (Å²) in [5.41, 5.74) is 16.6. The molecule has 22 nitrogen and oxygen atoms in total. The van der Waals surface area contributed by atoms with Crippen molar-refractivity contribution in [3.8, 4) is 45.8 Å². The first-order valence-corrected chi connectivity index (χ1v) is 37.8. The molecule has 8 aromatic rings. The molecule has 0 saturated heterocycles. The van der Waals surface area contributed by atoms with E-state index in [-0.39, 0.29) is 113 Å². The van der Waals surface area contributed by atoms with Gasteiger partial charge >= 0.3 is 24.0 Å². The molecule has 4 amide bonds. The summed E-state index contributed by atoms with van der Waals surface area (Å²) in [7, 11) is 2.71. The zero-order valence-electron chi connectivity index (χ0n) is 67.2. The predicted molar refractivity (Wildman–Crippen MR) is 426 cm³/mol. The van der Waals surface area contributed by atoms with Crippen molar-refractivity contribution in [2.45, 2.75) is 157 Å². The lowest BCUT2D eigenvalue weighted by molar-refractivity contribution is -0.143. The summed E-state index contributed by atoms with van der Waals surface area (Å²) in [5.74, 6) is 1.32. The minimum absolute atomic E-state index is 0.173. The first kappa shape index (κ1) is 84.0. The molecule has 4 N–H and O–H groups in total. The number of hydrogen-bond acceptors (Lipinski definition) is 18. The smallest absolute Gasteiger partial charge is 0.343 e. The molecule has 0 spiro atoms. The number of aryl methyl sites for hydroxylation is 2. The van der Waals surface area contributed by atoms with E-state index in [9.17, 15) is 19.2 Å². The molecule has 1 aliphatic rings. The Bertz CT molecular complexity index is 4010. The number of methoxy groups -OCH3 is 2. The average Bonchev–Trinajstić information content (AvgIpc) is 0.761. The SMILES string of the molecule is COC(=O)COc1c2cc(C(C)(C)C)cc1Cc1cc(C(C)(C)C)cc(c1OCCOCCOCCNC(=O)NCc1ccc(-c3ccc(C)cn3)nc1)Cc1cc(C(C)(C)C)cc(c1OCC(=O)OC)Cc1cc(C(C)(C)C)cc(c1OCCOCCOCCNC(=O)NCc1ccc(-c3ccc(C)cn3)nc1)C2. The number of ether oxygens (including phenoxy) is 10. The maximum Gasteiger partial charge on any atom is 0.343 e. The number of carbonyl (C=O) groups excluding carboxylic acids is 4. The molecule has 4 aromatic heterocycles. The first-order valence-electron chi connectivity index (χ1n) is 37.8.